The van der Waals surface area contributed by atoms with E-state index in [9.17, 15) is 9.59 Å². The van der Waals surface area contributed by atoms with Crippen molar-refractivity contribution >= 4 is 17.5 Å². The van der Waals surface area contributed by atoms with E-state index >= 15 is 0 Å². The van der Waals surface area contributed by atoms with Gasteiger partial charge in [0.25, 0.3) is 0 Å². The van der Waals surface area contributed by atoms with Gasteiger partial charge in [0.2, 0.25) is 11.8 Å². The van der Waals surface area contributed by atoms with Gasteiger partial charge < -0.3 is 5.32 Å². The molecule has 96 valence electrons. The Bertz CT molecular complexity index is 487. The lowest BCUT2D eigenvalue weighted by molar-refractivity contribution is -0.133. The summed E-state index contributed by atoms with van der Waals surface area (Å²) >= 11 is 0. The Labute approximate surface area is 106 Å². The second-order valence-electron chi connectivity index (χ2n) is 4.46. The third kappa shape index (κ3) is 1.96. The SMILES string of the molecule is CCC1NC(=O)C(C)N(c2cccnc2C)C1=O. The molecule has 2 amide bonds. The number of nitrogens with one attached hydrogen (secondary N) is 1. The largest absolute Gasteiger partial charge is 0.343 e. The first-order valence-electron chi connectivity index (χ1n) is 6.11. The van der Waals surface area contributed by atoms with E-state index < -0.39 is 12.1 Å². The summed E-state index contributed by atoms with van der Waals surface area (Å²) in [5.74, 6) is -0.189. The van der Waals surface area contributed by atoms with Crippen LogP contribution < -0.4 is 10.2 Å². The zero-order chi connectivity index (χ0) is 13.3. The maximum atomic E-state index is 12.3. The standard InChI is InChI=1S/C13H17N3O2/c1-4-10-13(18)16(9(3)12(17)15-10)11-6-5-7-14-8(11)2/h5-7,9-10H,4H2,1-3H3,(H,15,17). The van der Waals surface area contributed by atoms with Crippen molar-refractivity contribution in [2.75, 3.05) is 4.90 Å². The molecule has 2 rings (SSSR count). The summed E-state index contributed by atoms with van der Waals surface area (Å²) in [6, 6.07) is 2.66. The summed E-state index contributed by atoms with van der Waals surface area (Å²) in [5.41, 5.74) is 1.46. The number of aromatic nitrogens is 1. The fourth-order valence-corrected chi connectivity index (χ4v) is 2.16. The number of hydrogen-bond acceptors (Lipinski definition) is 3. The van der Waals surface area contributed by atoms with Gasteiger partial charge in [-0.3, -0.25) is 19.5 Å². The van der Waals surface area contributed by atoms with E-state index in [1.54, 1.807) is 24.1 Å². The summed E-state index contributed by atoms with van der Waals surface area (Å²) in [5, 5.41) is 2.73. The van der Waals surface area contributed by atoms with Crippen molar-refractivity contribution in [2.45, 2.75) is 39.3 Å². The van der Waals surface area contributed by atoms with Gasteiger partial charge in [0, 0.05) is 6.20 Å². The number of nitrogens with zero attached hydrogens (tertiary/aromatic N) is 2. The minimum atomic E-state index is -0.497. The Morgan fingerprint density at radius 2 is 2.17 bits per heavy atom. The number of anilines is 1. The van der Waals surface area contributed by atoms with E-state index in [-0.39, 0.29) is 11.8 Å². The lowest BCUT2D eigenvalue weighted by atomic mass is 10.0. The maximum absolute atomic E-state index is 12.3. The predicted octanol–water partition coefficient (Wildman–Crippen LogP) is 1.02. The van der Waals surface area contributed by atoms with Crippen LogP contribution >= 0.6 is 0 Å². The molecule has 2 atom stereocenters. The minimum absolute atomic E-state index is 0.0688. The van der Waals surface area contributed by atoms with Gasteiger partial charge in [-0.05, 0) is 32.4 Å². The average molecular weight is 247 g/mol. The Morgan fingerprint density at radius 3 is 2.78 bits per heavy atom. The molecule has 1 aliphatic heterocycles. The third-order valence-corrected chi connectivity index (χ3v) is 3.27. The number of amides is 2. The second-order valence-corrected chi connectivity index (χ2v) is 4.46. The zero-order valence-electron chi connectivity index (χ0n) is 10.8. The van der Waals surface area contributed by atoms with Crippen LogP contribution in [0, 0.1) is 6.92 Å². The lowest BCUT2D eigenvalue weighted by Crippen LogP contribution is -2.62. The lowest BCUT2D eigenvalue weighted by Gasteiger charge is -2.37. The number of rotatable bonds is 2. The van der Waals surface area contributed by atoms with Gasteiger partial charge in [-0.25, -0.2) is 0 Å². The molecule has 0 radical (unpaired) electrons. The molecule has 5 nitrogen and oxygen atoms in total. The number of carbonyl (C=O) groups excluding carboxylic acids is 2. The van der Waals surface area contributed by atoms with Crippen LogP contribution in [0.3, 0.4) is 0 Å². The first-order chi connectivity index (χ1) is 8.56. The van der Waals surface area contributed by atoms with Crippen LogP contribution in [0.1, 0.15) is 26.0 Å². The van der Waals surface area contributed by atoms with Gasteiger partial charge in [-0.2, -0.15) is 0 Å². The van der Waals surface area contributed by atoms with Crippen molar-refractivity contribution in [3.05, 3.63) is 24.0 Å². The van der Waals surface area contributed by atoms with Gasteiger partial charge in [0.05, 0.1) is 11.4 Å². The van der Waals surface area contributed by atoms with Crippen molar-refractivity contribution in [1.29, 1.82) is 0 Å². The molecule has 0 aliphatic carbocycles. The smallest absolute Gasteiger partial charge is 0.250 e. The van der Waals surface area contributed by atoms with E-state index in [4.69, 9.17) is 0 Å². The van der Waals surface area contributed by atoms with E-state index in [0.29, 0.717) is 12.1 Å². The summed E-state index contributed by atoms with van der Waals surface area (Å²) in [6.07, 6.45) is 2.27. The van der Waals surface area contributed by atoms with Crippen LogP contribution in [0.5, 0.6) is 0 Å². The van der Waals surface area contributed by atoms with E-state index in [1.807, 2.05) is 19.9 Å². The number of carbonyl (C=O) groups is 2. The Hall–Kier alpha value is -1.91. The molecule has 1 saturated heterocycles. The highest BCUT2D eigenvalue weighted by atomic mass is 16.2. The molecule has 1 N–H and O–H groups in total. The van der Waals surface area contributed by atoms with Crippen LogP contribution in [0.25, 0.3) is 0 Å². The Morgan fingerprint density at radius 1 is 1.44 bits per heavy atom. The fraction of sp³-hybridized carbons (Fsp3) is 0.462. The molecule has 1 aromatic rings. The van der Waals surface area contributed by atoms with Crippen LogP contribution in [0.15, 0.2) is 18.3 Å². The van der Waals surface area contributed by atoms with E-state index in [0.717, 1.165) is 5.69 Å². The summed E-state index contributed by atoms with van der Waals surface area (Å²) in [4.78, 5) is 30.0. The molecule has 0 aromatic carbocycles. The fourth-order valence-electron chi connectivity index (χ4n) is 2.16. The van der Waals surface area contributed by atoms with Gasteiger partial charge >= 0.3 is 0 Å². The van der Waals surface area contributed by atoms with Crippen molar-refractivity contribution < 1.29 is 9.59 Å². The highest BCUT2D eigenvalue weighted by molar-refractivity contribution is 6.08. The Balaban J connectivity index is 2.43. The van der Waals surface area contributed by atoms with Gasteiger partial charge in [-0.15, -0.1) is 0 Å². The first-order valence-corrected chi connectivity index (χ1v) is 6.11. The molecule has 1 aromatic heterocycles. The van der Waals surface area contributed by atoms with Crippen LogP contribution in [-0.2, 0) is 9.59 Å². The van der Waals surface area contributed by atoms with Crippen LogP contribution in [0.2, 0.25) is 0 Å². The quantitative estimate of drug-likeness (QED) is 0.848. The molecule has 0 spiro atoms. The van der Waals surface area contributed by atoms with Crippen molar-refractivity contribution in [3.8, 4) is 0 Å². The van der Waals surface area contributed by atoms with Crippen LogP contribution in [0.4, 0.5) is 5.69 Å². The molecule has 0 saturated carbocycles. The molecule has 2 heterocycles. The molecule has 1 aliphatic rings. The monoisotopic (exact) mass is 247 g/mol. The van der Waals surface area contributed by atoms with Crippen molar-refractivity contribution in [3.63, 3.8) is 0 Å². The Kier molecular flexibility index (Phi) is 3.32. The topological polar surface area (TPSA) is 62.3 Å². The second kappa shape index (κ2) is 4.76. The summed E-state index contributed by atoms with van der Waals surface area (Å²) in [6.45, 7) is 5.45. The van der Waals surface area contributed by atoms with E-state index in [2.05, 4.69) is 10.3 Å². The van der Waals surface area contributed by atoms with Gasteiger partial charge in [-0.1, -0.05) is 6.92 Å². The average Bonchev–Trinajstić information content (AvgIpc) is 2.36. The molecule has 18 heavy (non-hydrogen) atoms. The number of piperazine rings is 1. The minimum Gasteiger partial charge on any atom is -0.343 e. The molecule has 1 fully saturated rings. The van der Waals surface area contributed by atoms with Gasteiger partial charge in [0.15, 0.2) is 0 Å². The number of aryl methyl sites for hydroxylation is 1. The maximum Gasteiger partial charge on any atom is 0.250 e. The third-order valence-electron chi connectivity index (χ3n) is 3.27. The molecule has 2 unspecified atom stereocenters. The highest BCUT2D eigenvalue weighted by Gasteiger charge is 2.38. The summed E-state index contributed by atoms with van der Waals surface area (Å²) < 4.78 is 0. The zero-order valence-corrected chi connectivity index (χ0v) is 10.8. The molecule has 0 bridgehead atoms. The number of pyridine rings is 1. The van der Waals surface area contributed by atoms with Crippen molar-refractivity contribution in [2.24, 2.45) is 0 Å². The normalized spacial score (nSPS) is 24.1. The van der Waals surface area contributed by atoms with Crippen molar-refractivity contribution in [1.82, 2.24) is 10.3 Å². The van der Waals surface area contributed by atoms with E-state index in [1.165, 1.54) is 0 Å². The first kappa shape index (κ1) is 12.5. The highest BCUT2D eigenvalue weighted by Crippen LogP contribution is 2.24. The van der Waals surface area contributed by atoms with Crippen LogP contribution in [-0.4, -0.2) is 28.9 Å². The predicted molar refractivity (Wildman–Crippen MR) is 68.1 cm³/mol. The molecule has 5 heteroatoms. The molecular formula is C13H17N3O2. The number of hydrogen-bond donors (Lipinski definition) is 1. The van der Waals surface area contributed by atoms with Gasteiger partial charge in [0.1, 0.15) is 12.1 Å². The summed E-state index contributed by atoms with van der Waals surface area (Å²) in [7, 11) is 0. The molecular weight excluding hydrogens is 230 g/mol.